The lowest BCUT2D eigenvalue weighted by atomic mass is 9.77. The van der Waals surface area contributed by atoms with Crippen LogP contribution in [0.1, 0.15) is 155 Å². The maximum atomic E-state index is 14.0. The normalized spacial score (nSPS) is 19.4. The van der Waals surface area contributed by atoms with E-state index in [2.05, 4.69) is 103 Å². The highest BCUT2D eigenvalue weighted by Gasteiger charge is 2.37. The van der Waals surface area contributed by atoms with Crippen LogP contribution in [0.5, 0.6) is 5.75 Å². The molecule has 0 unspecified atom stereocenters. The van der Waals surface area contributed by atoms with Crippen LogP contribution in [-0.4, -0.2) is 27.4 Å². The molecule has 2 aliphatic carbocycles. The van der Waals surface area contributed by atoms with Crippen molar-refractivity contribution >= 4 is 24.2 Å². The summed E-state index contributed by atoms with van der Waals surface area (Å²) in [6, 6.07) is 13.8. The molecule has 0 bridgehead atoms. The maximum absolute atomic E-state index is 14.0. The summed E-state index contributed by atoms with van der Waals surface area (Å²) in [4.78, 5) is 0. The van der Waals surface area contributed by atoms with Crippen LogP contribution in [0.2, 0.25) is 0 Å². The fourth-order valence-corrected chi connectivity index (χ4v) is 11.9. The highest BCUT2D eigenvalue weighted by atomic mass is 32.2. The summed E-state index contributed by atoms with van der Waals surface area (Å²) in [5, 5.41) is 1.56. The van der Waals surface area contributed by atoms with Crippen molar-refractivity contribution in [2.24, 2.45) is 0 Å². The molecule has 2 aromatic rings. The topological polar surface area (TPSA) is 38.3 Å². The van der Waals surface area contributed by atoms with Crippen LogP contribution >= 0.6 is 7.92 Å². The summed E-state index contributed by atoms with van der Waals surface area (Å²) in [5.74, 6) is 0.986. The largest absolute Gasteiger partial charge is 0.496 e. The van der Waals surface area contributed by atoms with Crippen LogP contribution in [0.4, 0.5) is 0 Å². The van der Waals surface area contributed by atoms with Gasteiger partial charge in [0.25, 0.3) is 0 Å². The van der Waals surface area contributed by atoms with Crippen LogP contribution in [0, 0.1) is 0 Å². The smallest absolute Gasteiger partial charge is 0.126 e. The van der Waals surface area contributed by atoms with Gasteiger partial charge in [0.15, 0.2) is 0 Å². The Morgan fingerprint density at radius 2 is 1.23 bits per heavy atom. The first-order chi connectivity index (χ1) is 20.1. The van der Waals surface area contributed by atoms with Gasteiger partial charge in [-0.25, -0.2) is 8.93 Å². The molecule has 2 aromatic carbocycles. The Hall–Kier alpha value is -1.22. The van der Waals surface area contributed by atoms with Gasteiger partial charge < -0.3 is 4.74 Å². The average molecular weight is 626 g/mol. The first kappa shape index (κ1) is 34.6. The second-order valence-electron chi connectivity index (χ2n) is 16.1. The second kappa shape index (κ2) is 14.0. The Kier molecular flexibility index (Phi) is 11.3. The minimum absolute atomic E-state index is 0.106. The van der Waals surface area contributed by atoms with Crippen LogP contribution in [0.3, 0.4) is 0 Å². The molecule has 240 valence electrons. The van der Waals surface area contributed by atoms with Gasteiger partial charge in [0, 0.05) is 11.1 Å². The third kappa shape index (κ3) is 8.33. The zero-order chi connectivity index (χ0) is 31.6. The molecule has 3 nitrogen and oxygen atoms in total. The lowest BCUT2D eigenvalue weighted by Gasteiger charge is -2.40. The van der Waals surface area contributed by atoms with Crippen molar-refractivity contribution in [3.05, 3.63) is 58.7 Å². The number of nitrogens with one attached hydrogen (secondary N) is 1. The third-order valence-corrected chi connectivity index (χ3v) is 14.6. The van der Waals surface area contributed by atoms with Gasteiger partial charge in [0.05, 0.1) is 28.9 Å². The summed E-state index contributed by atoms with van der Waals surface area (Å²) < 4.78 is 23.5. The maximum Gasteiger partial charge on any atom is 0.126 e. The molecule has 0 heterocycles. The van der Waals surface area contributed by atoms with Gasteiger partial charge in [0.2, 0.25) is 0 Å². The fraction of sp³-hybridized carbons (Fsp3) is 0.684. The van der Waals surface area contributed by atoms with Gasteiger partial charge >= 0.3 is 0 Å². The van der Waals surface area contributed by atoms with E-state index in [1.54, 1.807) is 12.4 Å². The Labute approximate surface area is 268 Å². The molecule has 0 radical (unpaired) electrons. The fourth-order valence-electron chi connectivity index (χ4n) is 7.12. The lowest BCUT2D eigenvalue weighted by molar-refractivity contribution is 0.381. The van der Waals surface area contributed by atoms with Gasteiger partial charge in [-0.3, -0.25) is 0 Å². The number of ether oxygens (including phenoxy) is 1. The summed E-state index contributed by atoms with van der Waals surface area (Å²) >= 11 is 0. The van der Waals surface area contributed by atoms with Crippen molar-refractivity contribution in [3.63, 3.8) is 0 Å². The minimum atomic E-state index is -1.24. The van der Waals surface area contributed by atoms with E-state index in [4.69, 9.17) is 4.74 Å². The van der Waals surface area contributed by atoms with Crippen molar-refractivity contribution in [1.29, 1.82) is 0 Å². The van der Waals surface area contributed by atoms with Crippen LogP contribution in [0.25, 0.3) is 0 Å². The number of hydrogen-bond acceptors (Lipinski definition) is 2. The van der Waals surface area contributed by atoms with Gasteiger partial charge in [-0.15, -0.1) is 0 Å². The summed E-state index contributed by atoms with van der Waals surface area (Å²) in [6.07, 6.45) is 13.7. The molecule has 4 rings (SSSR count). The zero-order valence-electron chi connectivity index (χ0n) is 28.9. The van der Waals surface area contributed by atoms with Gasteiger partial charge in [-0.05, 0) is 97.2 Å². The van der Waals surface area contributed by atoms with E-state index < -0.39 is 11.0 Å². The number of rotatable bonds is 8. The summed E-state index contributed by atoms with van der Waals surface area (Å²) in [7, 11) is 0.248. The predicted octanol–water partition coefficient (Wildman–Crippen LogP) is 10.2. The molecule has 5 heteroatoms. The van der Waals surface area contributed by atoms with Crippen LogP contribution < -0.4 is 14.8 Å². The van der Waals surface area contributed by atoms with E-state index in [1.807, 2.05) is 0 Å². The van der Waals surface area contributed by atoms with E-state index in [-0.39, 0.29) is 29.5 Å². The van der Waals surface area contributed by atoms with Gasteiger partial charge in [-0.2, -0.15) is 0 Å². The van der Waals surface area contributed by atoms with Gasteiger partial charge in [-0.1, -0.05) is 112 Å². The quantitative estimate of drug-likeness (QED) is 0.297. The summed E-state index contributed by atoms with van der Waals surface area (Å²) in [6.45, 7) is 19.9. The lowest BCUT2D eigenvalue weighted by Crippen LogP contribution is -2.38. The van der Waals surface area contributed by atoms with E-state index in [9.17, 15) is 4.21 Å². The molecule has 0 aromatic heterocycles. The number of methoxy groups -OCH3 is 1. The molecule has 0 saturated heterocycles. The van der Waals surface area contributed by atoms with E-state index >= 15 is 0 Å². The Morgan fingerprint density at radius 1 is 0.767 bits per heavy atom. The Bertz CT molecular complexity index is 1190. The van der Waals surface area contributed by atoms with E-state index in [1.165, 1.54) is 86.5 Å². The van der Waals surface area contributed by atoms with Crippen molar-refractivity contribution in [3.8, 4) is 5.75 Å². The molecule has 0 aliphatic heterocycles. The standard InChI is InChI=1S/C38H60NO2PS/c1-36(2,3)31-25-27(26-32(35(31)41-10)37(4,5)6)34(39-43(40)38(7,8)9)30-23-17-18-24-33(30)42(28-19-13-11-14-20-28)29-21-15-12-16-22-29/h17-18,23-26,28-29,34,39H,11-16,19-22H2,1-10H3/t34-,43-/m1/s1. The van der Waals surface area contributed by atoms with Crippen LogP contribution in [-0.2, 0) is 21.8 Å². The summed E-state index contributed by atoms with van der Waals surface area (Å²) in [5.41, 5.74) is 6.35. The van der Waals surface area contributed by atoms with E-state index in [0.29, 0.717) is 0 Å². The van der Waals surface area contributed by atoms with Crippen molar-refractivity contribution < 1.29 is 8.95 Å². The first-order valence-electron chi connectivity index (χ1n) is 16.9. The molecule has 0 amide bonds. The molecule has 2 saturated carbocycles. The molecule has 2 atom stereocenters. The molecular formula is C38H60NO2PS. The van der Waals surface area contributed by atoms with Crippen LogP contribution in [0.15, 0.2) is 36.4 Å². The number of benzene rings is 2. The first-order valence-corrected chi connectivity index (χ1v) is 19.5. The Balaban J connectivity index is 1.97. The zero-order valence-corrected chi connectivity index (χ0v) is 30.7. The van der Waals surface area contributed by atoms with Crippen molar-refractivity contribution in [2.45, 2.75) is 159 Å². The molecule has 0 spiro atoms. The highest BCUT2D eigenvalue weighted by molar-refractivity contribution is 7.84. The molecule has 1 N–H and O–H groups in total. The molecule has 43 heavy (non-hydrogen) atoms. The second-order valence-corrected chi connectivity index (χ2v) is 20.9. The van der Waals surface area contributed by atoms with Gasteiger partial charge in [0.1, 0.15) is 5.75 Å². The highest BCUT2D eigenvalue weighted by Crippen LogP contribution is 2.56. The number of hydrogen-bond donors (Lipinski definition) is 1. The van der Waals surface area contributed by atoms with Crippen molar-refractivity contribution in [1.82, 2.24) is 4.72 Å². The predicted molar refractivity (Wildman–Crippen MR) is 190 cm³/mol. The Morgan fingerprint density at radius 3 is 1.65 bits per heavy atom. The molecule has 2 fully saturated rings. The van der Waals surface area contributed by atoms with Crippen molar-refractivity contribution in [2.75, 3.05) is 7.11 Å². The minimum Gasteiger partial charge on any atom is -0.496 e. The molecular weight excluding hydrogens is 565 g/mol. The average Bonchev–Trinajstić information content (AvgIpc) is 2.95. The third-order valence-electron chi connectivity index (χ3n) is 9.51. The SMILES string of the molecule is COc1c(C(C)(C)C)cc([C@@H](N[S@](=O)C(C)(C)C)c2ccccc2P(C2CCCCC2)C2CCCCC2)cc1C(C)(C)C. The van der Waals surface area contributed by atoms with E-state index in [0.717, 1.165) is 17.1 Å². The monoisotopic (exact) mass is 625 g/mol. The molecule has 2 aliphatic rings.